The number of carbonyl (C=O) groups is 1. The highest BCUT2D eigenvalue weighted by molar-refractivity contribution is 5.62. The summed E-state index contributed by atoms with van der Waals surface area (Å²) in [5.74, 6) is -0.486. The monoisotopic (exact) mass is 196 g/mol. The highest BCUT2D eigenvalue weighted by Gasteiger charge is 1.89. The molecule has 0 spiro atoms. The van der Waals surface area contributed by atoms with E-state index in [1.165, 1.54) is 5.56 Å². The second kappa shape index (κ2) is 6.95. The number of hydrogen-bond donors (Lipinski definition) is 2. The van der Waals surface area contributed by atoms with Gasteiger partial charge in [-0.05, 0) is 24.1 Å². The van der Waals surface area contributed by atoms with Gasteiger partial charge in [0.2, 0.25) is 0 Å². The van der Waals surface area contributed by atoms with Gasteiger partial charge >= 0.3 is 0 Å². The van der Waals surface area contributed by atoms with Crippen molar-refractivity contribution in [3.63, 3.8) is 0 Å². The fourth-order valence-corrected chi connectivity index (χ4v) is 0.951. The van der Waals surface area contributed by atoms with Crippen molar-refractivity contribution >= 4 is 5.97 Å². The molecule has 0 radical (unpaired) electrons. The van der Waals surface area contributed by atoms with Crippen LogP contribution < -0.4 is 0 Å². The Bertz CT molecular complexity index is 260. The second-order valence-corrected chi connectivity index (χ2v) is 2.94. The Morgan fingerprint density at radius 3 is 2.07 bits per heavy atom. The van der Waals surface area contributed by atoms with Gasteiger partial charge in [0.05, 0.1) is 0 Å². The topological polar surface area (TPSA) is 57.5 Å². The van der Waals surface area contributed by atoms with Gasteiger partial charge in [-0.1, -0.05) is 25.5 Å². The normalized spacial score (nSPS) is 8.71. The van der Waals surface area contributed by atoms with Crippen LogP contribution >= 0.6 is 0 Å². The molecule has 0 aliphatic heterocycles. The molecule has 78 valence electrons. The SMILES string of the molecule is CC(=O)O.CCCc1ccc(O)cc1. The van der Waals surface area contributed by atoms with Crippen molar-refractivity contribution in [3.8, 4) is 5.75 Å². The van der Waals surface area contributed by atoms with Crippen LogP contribution in [0.2, 0.25) is 0 Å². The summed E-state index contributed by atoms with van der Waals surface area (Å²) in [5, 5.41) is 16.3. The van der Waals surface area contributed by atoms with Crippen LogP contribution in [-0.2, 0) is 11.2 Å². The van der Waals surface area contributed by atoms with E-state index >= 15 is 0 Å². The predicted octanol–water partition coefficient (Wildman–Crippen LogP) is 2.44. The molecule has 1 aromatic carbocycles. The first-order valence-electron chi connectivity index (χ1n) is 4.53. The molecule has 0 aliphatic carbocycles. The summed E-state index contributed by atoms with van der Waals surface area (Å²) in [6, 6.07) is 7.37. The zero-order valence-corrected chi connectivity index (χ0v) is 8.53. The van der Waals surface area contributed by atoms with Crippen molar-refractivity contribution in [1.29, 1.82) is 0 Å². The molecule has 0 bridgehead atoms. The lowest BCUT2D eigenvalue weighted by molar-refractivity contribution is -0.134. The van der Waals surface area contributed by atoms with Gasteiger partial charge in [-0.15, -0.1) is 0 Å². The van der Waals surface area contributed by atoms with Gasteiger partial charge in [-0.3, -0.25) is 4.79 Å². The van der Waals surface area contributed by atoms with Crippen molar-refractivity contribution < 1.29 is 15.0 Å². The van der Waals surface area contributed by atoms with E-state index in [1.54, 1.807) is 12.1 Å². The number of aromatic hydroxyl groups is 1. The summed E-state index contributed by atoms with van der Waals surface area (Å²) in [7, 11) is 0. The molecule has 0 unspecified atom stereocenters. The largest absolute Gasteiger partial charge is 0.508 e. The first-order chi connectivity index (χ1) is 6.56. The minimum Gasteiger partial charge on any atom is -0.508 e. The van der Waals surface area contributed by atoms with Gasteiger partial charge in [-0.2, -0.15) is 0 Å². The lowest BCUT2D eigenvalue weighted by atomic mass is 10.1. The van der Waals surface area contributed by atoms with Crippen LogP contribution in [0.5, 0.6) is 5.75 Å². The van der Waals surface area contributed by atoms with Gasteiger partial charge in [0.25, 0.3) is 5.97 Å². The quantitative estimate of drug-likeness (QED) is 0.763. The number of benzene rings is 1. The van der Waals surface area contributed by atoms with Crippen molar-refractivity contribution in [2.45, 2.75) is 26.7 Å². The maximum Gasteiger partial charge on any atom is 0.300 e. The average Bonchev–Trinajstić information content (AvgIpc) is 2.08. The summed E-state index contributed by atoms with van der Waals surface area (Å²) in [4.78, 5) is 9.00. The lowest BCUT2D eigenvalue weighted by Gasteiger charge is -1.96. The minimum atomic E-state index is -0.833. The van der Waals surface area contributed by atoms with E-state index in [0.717, 1.165) is 19.8 Å². The number of aliphatic carboxylic acids is 1. The summed E-state index contributed by atoms with van der Waals surface area (Å²) < 4.78 is 0. The number of rotatable bonds is 2. The molecule has 0 atom stereocenters. The molecule has 1 aromatic rings. The second-order valence-electron chi connectivity index (χ2n) is 2.94. The van der Waals surface area contributed by atoms with Crippen molar-refractivity contribution in [2.75, 3.05) is 0 Å². The number of phenols is 1. The Kier molecular flexibility index (Phi) is 6.20. The molecule has 0 saturated heterocycles. The summed E-state index contributed by atoms with van der Waals surface area (Å²) >= 11 is 0. The number of phenolic OH excluding ortho intramolecular Hbond substituents is 1. The average molecular weight is 196 g/mol. The highest BCUT2D eigenvalue weighted by atomic mass is 16.4. The molecule has 3 nitrogen and oxygen atoms in total. The third-order valence-electron chi connectivity index (χ3n) is 1.48. The van der Waals surface area contributed by atoms with Crippen LogP contribution in [0.25, 0.3) is 0 Å². The number of carboxylic acid groups (broad SMARTS) is 1. The van der Waals surface area contributed by atoms with Crippen LogP contribution in [0, 0.1) is 0 Å². The molecule has 0 aliphatic rings. The third-order valence-corrected chi connectivity index (χ3v) is 1.48. The van der Waals surface area contributed by atoms with Gasteiger partial charge < -0.3 is 10.2 Å². The standard InChI is InChI=1S/C9H12O.C2H4O2/c1-2-3-8-4-6-9(10)7-5-8;1-2(3)4/h4-7,10H,2-3H2,1H3;1H3,(H,3,4). The molecule has 0 saturated carbocycles. The molecular weight excluding hydrogens is 180 g/mol. The van der Waals surface area contributed by atoms with E-state index in [4.69, 9.17) is 15.0 Å². The summed E-state index contributed by atoms with van der Waals surface area (Å²) in [6.45, 7) is 3.23. The van der Waals surface area contributed by atoms with E-state index in [0.29, 0.717) is 5.75 Å². The van der Waals surface area contributed by atoms with Crippen LogP contribution in [0.4, 0.5) is 0 Å². The molecule has 0 amide bonds. The molecule has 2 N–H and O–H groups in total. The van der Waals surface area contributed by atoms with Gasteiger partial charge in [-0.25, -0.2) is 0 Å². The Labute approximate surface area is 84.0 Å². The fourth-order valence-electron chi connectivity index (χ4n) is 0.951. The van der Waals surface area contributed by atoms with E-state index in [2.05, 4.69) is 6.92 Å². The maximum atomic E-state index is 9.00. The molecule has 14 heavy (non-hydrogen) atoms. The van der Waals surface area contributed by atoms with Crippen molar-refractivity contribution in [3.05, 3.63) is 29.8 Å². The van der Waals surface area contributed by atoms with Gasteiger partial charge in [0.1, 0.15) is 5.75 Å². The van der Waals surface area contributed by atoms with E-state index in [9.17, 15) is 0 Å². The zero-order valence-electron chi connectivity index (χ0n) is 8.53. The number of carboxylic acids is 1. The molecule has 0 aromatic heterocycles. The van der Waals surface area contributed by atoms with Gasteiger partial charge in [0, 0.05) is 6.92 Å². The van der Waals surface area contributed by atoms with Crippen LogP contribution in [0.1, 0.15) is 25.8 Å². The van der Waals surface area contributed by atoms with Crippen LogP contribution in [-0.4, -0.2) is 16.2 Å². The van der Waals surface area contributed by atoms with Crippen LogP contribution in [0.3, 0.4) is 0 Å². The smallest absolute Gasteiger partial charge is 0.300 e. The minimum absolute atomic E-state index is 0.347. The van der Waals surface area contributed by atoms with Crippen molar-refractivity contribution in [2.24, 2.45) is 0 Å². The first-order valence-corrected chi connectivity index (χ1v) is 4.53. The molecular formula is C11H16O3. The highest BCUT2D eigenvalue weighted by Crippen LogP contribution is 2.10. The lowest BCUT2D eigenvalue weighted by Crippen LogP contribution is -1.79. The molecule has 0 fully saturated rings. The summed E-state index contributed by atoms with van der Waals surface area (Å²) in [5.41, 5.74) is 1.29. The van der Waals surface area contributed by atoms with Gasteiger partial charge in [0.15, 0.2) is 0 Å². The van der Waals surface area contributed by atoms with E-state index in [-0.39, 0.29) is 0 Å². The fraction of sp³-hybridized carbons (Fsp3) is 0.364. The molecule has 3 heteroatoms. The number of hydrogen-bond acceptors (Lipinski definition) is 2. The maximum absolute atomic E-state index is 9.00. The van der Waals surface area contributed by atoms with E-state index < -0.39 is 5.97 Å². The van der Waals surface area contributed by atoms with Crippen molar-refractivity contribution in [1.82, 2.24) is 0 Å². The van der Waals surface area contributed by atoms with Crippen LogP contribution in [0.15, 0.2) is 24.3 Å². The summed E-state index contributed by atoms with van der Waals surface area (Å²) in [6.07, 6.45) is 2.26. The van der Waals surface area contributed by atoms with E-state index in [1.807, 2.05) is 12.1 Å². The third kappa shape index (κ3) is 7.16. The predicted molar refractivity (Wildman–Crippen MR) is 55.4 cm³/mol. The molecule has 0 heterocycles. The first kappa shape index (κ1) is 12.5. The Balaban J connectivity index is 0.000000364. The molecule has 1 rings (SSSR count). The number of aryl methyl sites for hydroxylation is 1. The Morgan fingerprint density at radius 1 is 1.29 bits per heavy atom. The Morgan fingerprint density at radius 2 is 1.71 bits per heavy atom. The Hall–Kier alpha value is -1.51. The zero-order chi connectivity index (χ0) is 11.0.